The molecule has 1 aliphatic carbocycles. The lowest BCUT2D eigenvalue weighted by Gasteiger charge is -2.40. The number of aliphatic hydroxyl groups is 1. The third kappa shape index (κ3) is 5.76. The molecule has 0 spiro atoms. The number of carbonyl (C=O) groups is 2. The number of amides is 2. The molecule has 2 saturated heterocycles. The molecule has 5 rings (SSSR count). The van der Waals surface area contributed by atoms with Gasteiger partial charge in [0.1, 0.15) is 11.6 Å². The summed E-state index contributed by atoms with van der Waals surface area (Å²) >= 11 is 0. The zero-order valence-corrected chi connectivity index (χ0v) is 21.7. The Morgan fingerprint density at radius 3 is 2.21 bits per heavy atom. The molecule has 3 N–H and O–H groups in total. The summed E-state index contributed by atoms with van der Waals surface area (Å²) in [6, 6.07) is 12.1. The number of nitrogens with zero attached hydrogens (tertiary/aromatic N) is 2. The minimum atomic E-state index is -0.638. The lowest BCUT2D eigenvalue weighted by Crippen LogP contribution is -2.48. The second-order valence-corrected chi connectivity index (χ2v) is 11.2. The topological polar surface area (TPSA) is 86.9 Å². The third-order valence-corrected chi connectivity index (χ3v) is 8.92. The molecule has 2 aromatic carbocycles. The van der Waals surface area contributed by atoms with Crippen LogP contribution in [-0.2, 0) is 11.3 Å². The Hall–Kier alpha value is -2.84. The van der Waals surface area contributed by atoms with E-state index in [-0.39, 0.29) is 30.0 Å². The zero-order chi connectivity index (χ0) is 26.8. The van der Waals surface area contributed by atoms with Crippen molar-refractivity contribution in [2.45, 2.75) is 82.0 Å². The lowest BCUT2D eigenvalue weighted by molar-refractivity contribution is -0.138. The first-order valence-corrected chi connectivity index (χ1v) is 13.9. The largest absolute Gasteiger partial charge is 0.393 e. The first-order chi connectivity index (χ1) is 18.3. The lowest BCUT2D eigenvalue weighted by atomic mass is 9.84. The Labute approximate surface area is 222 Å². The van der Waals surface area contributed by atoms with E-state index in [1.165, 1.54) is 18.2 Å². The SMILES string of the molecule is NC(=O)c1cccc([C@H]2C[C@H]3CC[C@@H](C2)N3CCN(Cc2c(F)cccc2F)C(=O)[C@H]2CC[C@H](O)CC2)c1. The molecule has 8 heteroatoms. The van der Waals surface area contributed by atoms with Gasteiger partial charge in [-0.3, -0.25) is 14.5 Å². The number of hydrogen-bond donors (Lipinski definition) is 2. The Morgan fingerprint density at radius 2 is 1.58 bits per heavy atom. The summed E-state index contributed by atoms with van der Waals surface area (Å²) in [6.07, 6.45) is 6.05. The van der Waals surface area contributed by atoms with E-state index in [4.69, 9.17) is 5.73 Å². The van der Waals surface area contributed by atoms with Crippen LogP contribution in [0, 0.1) is 17.6 Å². The van der Waals surface area contributed by atoms with Gasteiger partial charge in [-0.2, -0.15) is 0 Å². The predicted molar refractivity (Wildman–Crippen MR) is 140 cm³/mol. The molecule has 6 nitrogen and oxygen atoms in total. The average Bonchev–Trinajstić information content (AvgIpc) is 3.14. The highest BCUT2D eigenvalue weighted by Gasteiger charge is 2.41. The third-order valence-electron chi connectivity index (χ3n) is 8.92. The molecule has 3 atom stereocenters. The molecule has 2 amide bonds. The second kappa shape index (κ2) is 11.5. The highest BCUT2D eigenvalue weighted by Crippen LogP contribution is 2.43. The van der Waals surface area contributed by atoms with Gasteiger partial charge in [-0.25, -0.2) is 8.78 Å². The van der Waals surface area contributed by atoms with Gasteiger partial charge in [0.2, 0.25) is 11.8 Å². The summed E-state index contributed by atoms with van der Waals surface area (Å²) in [5.41, 5.74) is 7.09. The predicted octanol–water partition coefficient (Wildman–Crippen LogP) is 4.35. The fourth-order valence-corrected chi connectivity index (χ4v) is 6.82. The van der Waals surface area contributed by atoms with Crippen LogP contribution < -0.4 is 5.73 Å². The van der Waals surface area contributed by atoms with Crippen LogP contribution >= 0.6 is 0 Å². The molecule has 1 saturated carbocycles. The molecule has 2 aromatic rings. The summed E-state index contributed by atoms with van der Waals surface area (Å²) in [5, 5.41) is 9.89. The summed E-state index contributed by atoms with van der Waals surface area (Å²) in [7, 11) is 0. The van der Waals surface area contributed by atoms with E-state index in [9.17, 15) is 23.5 Å². The Balaban J connectivity index is 1.28. The van der Waals surface area contributed by atoms with E-state index in [0.29, 0.717) is 62.3 Å². The van der Waals surface area contributed by atoms with Gasteiger partial charge in [0.15, 0.2) is 0 Å². The van der Waals surface area contributed by atoms with Gasteiger partial charge in [0.25, 0.3) is 0 Å². The number of piperidine rings is 1. The van der Waals surface area contributed by atoms with Gasteiger partial charge in [0, 0.05) is 42.2 Å². The molecule has 38 heavy (non-hydrogen) atoms. The van der Waals surface area contributed by atoms with Crippen LogP contribution in [0.25, 0.3) is 0 Å². The Morgan fingerprint density at radius 1 is 0.947 bits per heavy atom. The van der Waals surface area contributed by atoms with Crippen molar-refractivity contribution in [1.82, 2.24) is 9.80 Å². The monoisotopic (exact) mass is 525 g/mol. The summed E-state index contributed by atoms with van der Waals surface area (Å²) in [5.74, 6) is -1.65. The van der Waals surface area contributed by atoms with Gasteiger partial charge >= 0.3 is 0 Å². The number of halogens is 2. The Kier molecular flexibility index (Phi) is 8.09. The van der Waals surface area contributed by atoms with Crippen molar-refractivity contribution in [2.24, 2.45) is 11.7 Å². The van der Waals surface area contributed by atoms with Gasteiger partial charge < -0.3 is 15.7 Å². The van der Waals surface area contributed by atoms with Crippen LogP contribution in [0.2, 0.25) is 0 Å². The number of primary amides is 1. The van der Waals surface area contributed by atoms with E-state index in [2.05, 4.69) is 11.0 Å². The maximum absolute atomic E-state index is 14.5. The van der Waals surface area contributed by atoms with Crippen LogP contribution in [0.4, 0.5) is 8.78 Å². The fraction of sp³-hybridized carbons (Fsp3) is 0.533. The number of aliphatic hydroxyl groups excluding tert-OH is 1. The molecule has 3 fully saturated rings. The number of rotatable bonds is 8. The van der Waals surface area contributed by atoms with Crippen molar-refractivity contribution in [1.29, 1.82) is 0 Å². The van der Waals surface area contributed by atoms with Crippen LogP contribution in [0.15, 0.2) is 42.5 Å². The summed E-state index contributed by atoms with van der Waals surface area (Å²) < 4.78 is 29.1. The van der Waals surface area contributed by atoms with Crippen LogP contribution in [-0.4, -0.2) is 58.0 Å². The second-order valence-electron chi connectivity index (χ2n) is 11.2. The molecule has 0 unspecified atom stereocenters. The van der Waals surface area contributed by atoms with E-state index in [1.54, 1.807) is 11.0 Å². The van der Waals surface area contributed by atoms with Crippen molar-refractivity contribution in [3.63, 3.8) is 0 Å². The van der Waals surface area contributed by atoms with Crippen molar-refractivity contribution >= 4 is 11.8 Å². The van der Waals surface area contributed by atoms with E-state index in [0.717, 1.165) is 31.2 Å². The average molecular weight is 526 g/mol. The van der Waals surface area contributed by atoms with Crippen molar-refractivity contribution in [2.75, 3.05) is 13.1 Å². The smallest absolute Gasteiger partial charge is 0.248 e. The molecule has 2 bridgehead atoms. The molecule has 0 aromatic heterocycles. The van der Waals surface area contributed by atoms with E-state index < -0.39 is 17.5 Å². The van der Waals surface area contributed by atoms with E-state index >= 15 is 0 Å². The highest BCUT2D eigenvalue weighted by atomic mass is 19.1. The highest BCUT2D eigenvalue weighted by molar-refractivity contribution is 5.92. The van der Waals surface area contributed by atoms with Crippen molar-refractivity contribution in [3.8, 4) is 0 Å². The molecule has 3 aliphatic rings. The van der Waals surface area contributed by atoms with Gasteiger partial charge in [0.05, 0.1) is 12.6 Å². The van der Waals surface area contributed by atoms with Crippen LogP contribution in [0.3, 0.4) is 0 Å². The van der Waals surface area contributed by atoms with Crippen LogP contribution in [0.1, 0.15) is 78.8 Å². The maximum Gasteiger partial charge on any atom is 0.248 e. The Bertz CT molecular complexity index is 1130. The molecule has 0 radical (unpaired) electrons. The minimum absolute atomic E-state index is 0.0762. The number of benzene rings is 2. The molecule has 2 aliphatic heterocycles. The van der Waals surface area contributed by atoms with Crippen molar-refractivity contribution in [3.05, 3.63) is 70.8 Å². The van der Waals surface area contributed by atoms with E-state index in [1.807, 2.05) is 12.1 Å². The van der Waals surface area contributed by atoms with Crippen LogP contribution in [0.5, 0.6) is 0 Å². The van der Waals surface area contributed by atoms with Gasteiger partial charge in [-0.15, -0.1) is 0 Å². The van der Waals surface area contributed by atoms with Gasteiger partial charge in [-0.1, -0.05) is 18.2 Å². The number of nitrogens with two attached hydrogens (primary N) is 1. The minimum Gasteiger partial charge on any atom is -0.393 e. The first-order valence-electron chi connectivity index (χ1n) is 13.9. The number of carbonyl (C=O) groups excluding carboxylic acids is 2. The fourth-order valence-electron chi connectivity index (χ4n) is 6.82. The van der Waals surface area contributed by atoms with Crippen molar-refractivity contribution < 1.29 is 23.5 Å². The standard InChI is InChI=1S/C30H37F2N3O3/c31-27-5-2-6-28(32)26(27)18-34(30(38)19-7-11-25(36)12-8-19)13-14-35-23-9-10-24(35)17-22(16-23)20-3-1-4-21(15-20)29(33)37/h1-6,15,19,22-25,36H,7-14,16-18H2,(H2,33,37)/t19-,22-,23+,24-,25-. The first kappa shape index (κ1) is 26.8. The molecular formula is C30H37F2N3O3. The number of hydrogen-bond acceptors (Lipinski definition) is 4. The quantitative estimate of drug-likeness (QED) is 0.537. The number of fused-ring (bicyclic) bond motifs is 2. The molecule has 204 valence electrons. The maximum atomic E-state index is 14.5. The normalized spacial score (nSPS) is 27.3. The molecular weight excluding hydrogens is 488 g/mol. The summed E-state index contributed by atoms with van der Waals surface area (Å²) in [4.78, 5) is 29.3. The zero-order valence-electron chi connectivity index (χ0n) is 21.7. The molecule has 2 heterocycles. The van der Waals surface area contributed by atoms with Gasteiger partial charge in [-0.05, 0) is 87.1 Å². The summed E-state index contributed by atoms with van der Waals surface area (Å²) in [6.45, 7) is 0.961.